The lowest BCUT2D eigenvalue weighted by molar-refractivity contribution is -0.140. The van der Waals surface area contributed by atoms with E-state index in [2.05, 4.69) is 0 Å². The third kappa shape index (κ3) is 8.80. The third-order valence-corrected chi connectivity index (χ3v) is 5.05. The molecule has 4 nitrogen and oxygen atoms in total. The molecule has 2 amide bonds. The summed E-state index contributed by atoms with van der Waals surface area (Å²) in [5, 5.41) is 1.91. The zero-order valence-corrected chi connectivity index (χ0v) is 19.4. The second-order valence-electron chi connectivity index (χ2n) is 7.67. The van der Waals surface area contributed by atoms with E-state index in [1.54, 1.807) is 5.32 Å². The Labute approximate surface area is 215 Å². The van der Waals surface area contributed by atoms with Gasteiger partial charge in [0, 0.05) is 5.56 Å². The molecule has 0 aromatic heterocycles. The highest BCUT2D eigenvalue weighted by atomic mass is 35.5. The van der Waals surface area contributed by atoms with Crippen LogP contribution >= 0.6 is 11.6 Å². The number of benzene rings is 2. The zero-order valence-electron chi connectivity index (χ0n) is 18.7. The van der Waals surface area contributed by atoms with Gasteiger partial charge in [-0.15, -0.1) is 0 Å². The molecule has 0 fully saturated rings. The standard InChI is InChI=1S/C22H13ClF12N2O2/c23-14-4-10(5-16(25)18(14)26)12(21(30,31)32)6-15(24)9-1-2-11(13(3-9)22(33,34)35)19(39)36-7-17(38)37-8-20(27,28)29/h1-6,12H,7-8H2,(H,36,39)(H,37,38)/b15-6-. The summed E-state index contributed by atoms with van der Waals surface area (Å²) in [7, 11) is 0. The van der Waals surface area contributed by atoms with Gasteiger partial charge in [-0.25, -0.2) is 13.2 Å². The summed E-state index contributed by atoms with van der Waals surface area (Å²) in [5.74, 6) is -11.4. The lowest BCUT2D eigenvalue weighted by atomic mass is 9.95. The van der Waals surface area contributed by atoms with E-state index in [4.69, 9.17) is 11.6 Å². The van der Waals surface area contributed by atoms with Gasteiger partial charge in [-0.05, 0) is 35.9 Å². The first-order valence-electron chi connectivity index (χ1n) is 10.1. The number of hydrogen-bond acceptors (Lipinski definition) is 2. The van der Waals surface area contributed by atoms with Gasteiger partial charge in [0.1, 0.15) is 18.3 Å². The molecule has 2 rings (SSSR count). The Hall–Kier alpha value is -3.43. The topological polar surface area (TPSA) is 58.2 Å². The summed E-state index contributed by atoms with van der Waals surface area (Å²) < 4.78 is 159. The van der Waals surface area contributed by atoms with Gasteiger partial charge in [-0.2, -0.15) is 39.5 Å². The molecule has 0 saturated heterocycles. The Balaban J connectivity index is 2.41. The third-order valence-electron chi connectivity index (χ3n) is 4.77. The predicted octanol–water partition coefficient (Wildman–Crippen LogP) is 6.70. The van der Waals surface area contributed by atoms with Gasteiger partial charge >= 0.3 is 18.5 Å². The van der Waals surface area contributed by atoms with Crippen molar-refractivity contribution in [1.82, 2.24) is 10.6 Å². The first-order valence-corrected chi connectivity index (χ1v) is 10.5. The summed E-state index contributed by atoms with van der Waals surface area (Å²) in [6.07, 6.45) is -15.8. The van der Waals surface area contributed by atoms with Crippen molar-refractivity contribution in [2.45, 2.75) is 24.4 Å². The largest absolute Gasteiger partial charge is 0.417 e. The molecule has 39 heavy (non-hydrogen) atoms. The van der Waals surface area contributed by atoms with Crippen LogP contribution < -0.4 is 10.6 Å². The van der Waals surface area contributed by atoms with E-state index in [1.807, 2.05) is 0 Å². The molecular weight excluding hydrogens is 588 g/mol. The number of alkyl halides is 9. The van der Waals surface area contributed by atoms with Gasteiger partial charge in [-0.1, -0.05) is 17.7 Å². The van der Waals surface area contributed by atoms with Gasteiger partial charge in [0.15, 0.2) is 11.6 Å². The fourth-order valence-electron chi connectivity index (χ4n) is 3.02. The maximum Gasteiger partial charge on any atom is 0.417 e. The molecule has 2 aromatic carbocycles. The molecule has 0 bridgehead atoms. The van der Waals surface area contributed by atoms with Crippen LogP contribution in [-0.4, -0.2) is 37.3 Å². The van der Waals surface area contributed by atoms with Crippen LogP contribution in [0.3, 0.4) is 0 Å². The van der Waals surface area contributed by atoms with E-state index >= 15 is 0 Å². The summed E-state index contributed by atoms with van der Waals surface area (Å²) in [5.41, 5.74) is -5.28. The molecule has 1 atom stereocenters. The highest BCUT2D eigenvalue weighted by molar-refractivity contribution is 6.30. The SMILES string of the molecule is O=C(CNC(=O)c1ccc(/C(F)=C/C(c2cc(F)c(F)c(Cl)c2)C(F)(F)F)cc1C(F)(F)F)NCC(F)(F)F. The number of halogens is 13. The molecule has 214 valence electrons. The van der Waals surface area contributed by atoms with Crippen molar-refractivity contribution in [2.24, 2.45) is 0 Å². The molecule has 0 aliphatic heterocycles. The first-order chi connectivity index (χ1) is 17.7. The van der Waals surface area contributed by atoms with Gasteiger partial charge in [0.05, 0.1) is 22.7 Å². The molecule has 0 radical (unpaired) electrons. The minimum Gasteiger partial charge on any atom is -0.345 e. The van der Waals surface area contributed by atoms with E-state index in [1.165, 1.54) is 5.32 Å². The summed E-state index contributed by atoms with van der Waals surface area (Å²) in [4.78, 5) is 23.5. The lowest BCUT2D eigenvalue weighted by Gasteiger charge is -2.19. The van der Waals surface area contributed by atoms with Crippen LogP contribution in [0.5, 0.6) is 0 Å². The average Bonchev–Trinajstić information content (AvgIpc) is 2.80. The average molecular weight is 601 g/mol. The van der Waals surface area contributed by atoms with E-state index < -0.39 is 94.1 Å². The number of allylic oxidation sites excluding steroid dienone is 1. The summed E-state index contributed by atoms with van der Waals surface area (Å²) in [6, 6.07) is 1.22. The van der Waals surface area contributed by atoms with Crippen molar-refractivity contribution in [1.29, 1.82) is 0 Å². The van der Waals surface area contributed by atoms with Crippen molar-refractivity contribution in [3.05, 3.63) is 75.3 Å². The maximum absolute atomic E-state index is 14.8. The van der Waals surface area contributed by atoms with Crippen LogP contribution in [-0.2, 0) is 11.0 Å². The maximum atomic E-state index is 14.8. The fourth-order valence-corrected chi connectivity index (χ4v) is 3.24. The van der Waals surface area contributed by atoms with E-state index in [9.17, 15) is 62.3 Å². The van der Waals surface area contributed by atoms with Crippen LogP contribution in [0, 0.1) is 11.6 Å². The molecule has 1 unspecified atom stereocenters. The van der Waals surface area contributed by atoms with Crippen molar-refractivity contribution in [2.75, 3.05) is 13.1 Å². The minimum atomic E-state index is -5.39. The molecule has 0 spiro atoms. The van der Waals surface area contributed by atoms with Crippen LogP contribution in [0.15, 0.2) is 36.4 Å². The molecule has 0 aliphatic carbocycles. The molecule has 0 aliphatic rings. The number of carbonyl (C=O) groups excluding carboxylic acids is 2. The van der Waals surface area contributed by atoms with Gasteiger partial charge in [0.25, 0.3) is 5.91 Å². The molecule has 17 heteroatoms. The van der Waals surface area contributed by atoms with Crippen LogP contribution in [0.2, 0.25) is 5.02 Å². The Bertz CT molecular complexity index is 1250. The minimum absolute atomic E-state index is 0.0316. The van der Waals surface area contributed by atoms with Gasteiger partial charge in [-0.3, -0.25) is 9.59 Å². The second kappa shape index (κ2) is 11.8. The highest BCUT2D eigenvalue weighted by Gasteiger charge is 2.41. The van der Waals surface area contributed by atoms with Crippen molar-refractivity contribution in [3.8, 4) is 0 Å². The van der Waals surface area contributed by atoms with Gasteiger partial charge in [0.2, 0.25) is 5.91 Å². The zero-order chi connectivity index (χ0) is 29.9. The van der Waals surface area contributed by atoms with E-state index in [0.717, 1.165) is 0 Å². The van der Waals surface area contributed by atoms with E-state index in [0.29, 0.717) is 18.2 Å². The lowest BCUT2D eigenvalue weighted by Crippen LogP contribution is -2.41. The van der Waals surface area contributed by atoms with Gasteiger partial charge < -0.3 is 10.6 Å². The monoisotopic (exact) mass is 600 g/mol. The van der Waals surface area contributed by atoms with Crippen molar-refractivity contribution in [3.63, 3.8) is 0 Å². The number of carbonyl (C=O) groups is 2. The van der Waals surface area contributed by atoms with Crippen molar-refractivity contribution < 1.29 is 62.3 Å². The summed E-state index contributed by atoms with van der Waals surface area (Å²) in [6.45, 7) is -2.96. The molecule has 2 N–H and O–H groups in total. The van der Waals surface area contributed by atoms with Crippen molar-refractivity contribution >= 4 is 29.2 Å². The first kappa shape index (κ1) is 31.8. The smallest absolute Gasteiger partial charge is 0.345 e. The molecular formula is C22H13ClF12N2O2. The fraction of sp³-hybridized carbons (Fsp3) is 0.273. The highest BCUT2D eigenvalue weighted by Crippen LogP contribution is 2.41. The molecule has 2 aromatic rings. The Morgan fingerprint density at radius 3 is 2.05 bits per heavy atom. The Kier molecular flexibility index (Phi) is 9.58. The number of amides is 2. The Morgan fingerprint density at radius 1 is 0.923 bits per heavy atom. The van der Waals surface area contributed by atoms with Crippen LogP contribution in [0.4, 0.5) is 52.7 Å². The second-order valence-corrected chi connectivity index (χ2v) is 8.07. The van der Waals surface area contributed by atoms with E-state index in [-0.39, 0.29) is 18.2 Å². The molecule has 0 saturated carbocycles. The molecule has 0 heterocycles. The predicted molar refractivity (Wildman–Crippen MR) is 112 cm³/mol. The van der Waals surface area contributed by atoms with Crippen LogP contribution in [0.1, 0.15) is 33.0 Å². The normalized spacial score (nSPS) is 13.7. The summed E-state index contributed by atoms with van der Waals surface area (Å²) >= 11 is 5.33. The Morgan fingerprint density at radius 2 is 1.54 bits per heavy atom. The number of hydrogen-bond donors (Lipinski definition) is 2. The number of nitrogens with one attached hydrogen (secondary N) is 2. The van der Waals surface area contributed by atoms with Crippen LogP contribution in [0.25, 0.3) is 5.83 Å². The number of rotatable bonds is 7. The quantitative estimate of drug-likeness (QED) is 0.275.